The molecule has 0 fully saturated rings. The summed E-state index contributed by atoms with van der Waals surface area (Å²) in [5.74, 6) is 2.06. The standard InChI is InChI=1S/C19H14N4O2S2/c1-24-14-8-6-12(7-9-14)17-20-13(10-25-17)11-26-18-21-22-19-23(18)15-4-2-3-5-16(15)27-19/h2-10H,11H2,1H3. The van der Waals surface area contributed by atoms with Gasteiger partial charge in [-0.25, -0.2) is 4.98 Å². The highest BCUT2D eigenvalue weighted by Crippen LogP contribution is 2.31. The second-order valence-corrected chi connectivity index (χ2v) is 7.78. The average molecular weight is 394 g/mol. The Balaban J connectivity index is 1.37. The van der Waals surface area contributed by atoms with Crippen molar-refractivity contribution in [3.8, 4) is 17.2 Å². The number of hydrogen-bond acceptors (Lipinski definition) is 7. The van der Waals surface area contributed by atoms with Gasteiger partial charge >= 0.3 is 0 Å². The lowest BCUT2D eigenvalue weighted by atomic mass is 10.2. The zero-order valence-corrected chi connectivity index (χ0v) is 16.0. The zero-order chi connectivity index (χ0) is 18.2. The van der Waals surface area contributed by atoms with Gasteiger partial charge in [-0.05, 0) is 36.4 Å². The lowest BCUT2D eigenvalue weighted by Crippen LogP contribution is -1.88. The molecule has 0 unspecified atom stereocenters. The molecule has 3 aromatic heterocycles. The van der Waals surface area contributed by atoms with Crippen LogP contribution in [0.15, 0.2) is 64.4 Å². The van der Waals surface area contributed by atoms with Crippen LogP contribution in [0.3, 0.4) is 0 Å². The number of aromatic nitrogens is 4. The molecule has 134 valence electrons. The Bertz CT molecular complexity index is 1220. The predicted octanol–water partition coefficient (Wildman–Crippen LogP) is 4.90. The van der Waals surface area contributed by atoms with Crippen LogP contribution in [-0.4, -0.2) is 26.7 Å². The van der Waals surface area contributed by atoms with Crippen molar-refractivity contribution >= 4 is 38.3 Å². The highest BCUT2D eigenvalue weighted by molar-refractivity contribution is 7.98. The third-order valence-electron chi connectivity index (χ3n) is 4.15. The van der Waals surface area contributed by atoms with Gasteiger partial charge in [0.1, 0.15) is 12.0 Å². The maximum absolute atomic E-state index is 5.63. The molecular formula is C19H14N4O2S2. The number of nitrogens with zero attached hydrogens (tertiary/aromatic N) is 4. The van der Waals surface area contributed by atoms with Crippen molar-refractivity contribution in [1.82, 2.24) is 19.6 Å². The number of fused-ring (bicyclic) bond motifs is 3. The maximum atomic E-state index is 5.63. The lowest BCUT2D eigenvalue weighted by Gasteiger charge is -1.99. The van der Waals surface area contributed by atoms with Crippen molar-refractivity contribution in [1.29, 1.82) is 0 Å². The van der Waals surface area contributed by atoms with E-state index in [-0.39, 0.29) is 0 Å². The first-order chi connectivity index (χ1) is 13.3. The van der Waals surface area contributed by atoms with Gasteiger partial charge < -0.3 is 9.15 Å². The summed E-state index contributed by atoms with van der Waals surface area (Å²) >= 11 is 3.24. The summed E-state index contributed by atoms with van der Waals surface area (Å²) in [5.41, 5.74) is 2.91. The molecule has 6 nitrogen and oxygen atoms in total. The molecule has 0 atom stereocenters. The first kappa shape index (κ1) is 16.3. The molecule has 0 bridgehead atoms. The highest BCUT2D eigenvalue weighted by atomic mass is 32.2. The largest absolute Gasteiger partial charge is 0.497 e. The molecule has 27 heavy (non-hydrogen) atoms. The molecule has 0 aliphatic heterocycles. The van der Waals surface area contributed by atoms with Crippen molar-refractivity contribution in [2.75, 3.05) is 7.11 Å². The van der Waals surface area contributed by atoms with E-state index in [2.05, 4.69) is 31.7 Å². The van der Waals surface area contributed by atoms with Gasteiger partial charge in [0.25, 0.3) is 0 Å². The van der Waals surface area contributed by atoms with Crippen LogP contribution in [0.25, 0.3) is 26.6 Å². The van der Waals surface area contributed by atoms with Crippen LogP contribution >= 0.6 is 23.1 Å². The molecule has 0 saturated carbocycles. The van der Waals surface area contributed by atoms with E-state index in [0.717, 1.165) is 32.6 Å². The number of thiazole rings is 1. The third kappa shape index (κ3) is 2.96. The minimum absolute atomic E-state index is 0.598. The van der Waals surface area contributed by atoms with Gasteiger partial charge in [-0.3, -0.25) is 4.40 Å². The zero-order valence-electron chi connectivity index (χ0n) is 14.3. The van der Waals surface area contributed by atoms with Crippen LogP contribution in [-0.2, 0) is 5.75 Å². The van der Waals surface area contributed by atoms with Gasteiger partial charge in [0.2, 0.25) is 10.9 Å². The van der Waals surface area contributed by atoms with Crippen LogP contribution in [0.2, 0.25) is 0 Å². The van der Waals surface area contributed by atoms with E-state index in [1.807, 2.05) is 36.4 Å². The molecule has 5 rings (SSSR count). The van der Waals surface area contributed by atoms with Gasteiger partial charge in [-0.1, -0.05) is 35.2 Å². The Hall–Kier alpha value is -2.84. The third-order valence-corrected chi connectivity index (χ3v) is 6.12. The van der Waals surface area contributed by atoms with E-state index in [9.17, 15) is 0 Å². The van der Waals surface area contributed by atoms with Crippen molar-refractivity contribution in [2.24, 2.45) is 0 Å². The predicted molar refractivity (Wildman–Crippen MR) is 106 cm³/mol. The minimum atomic E-state index is 0.598. The molecular weight excluding hydrogens is 380 g/mol. The molecule has 0 saturated heterocycles. The van der Waals surface area contributed by atoms with E-state index in [1.165, 1.54) is 4.70 Å². The van der Waals surface area contributed by atoms with Crippen LogP contribution in [0.5, 0.6) is 5.75 Å². The fraction of sp³-hybridized carbons (Fsp3) is 0.105. The van der Waals surface area contributed by atoms with Gasteiger partial charge in [-0.2, -0.15) is 0 Å². The summed E-state index contributed by atoms with van der Waals surface area (Å²) in [6.07, 6.45) is 1.69. The molecule has 0 spiro atoms. The average Bonchev–Trinajstić information content (AvgIpc) is 3.42. The Morgan fingerprint density at radius 3 is 2.81 bits per heavy atom. The SMILES string of the molecule is COc1ccc(-c2nc(CSc3nnc4sc5ccccc5n34)co2)cc1. The number of methoxy groups -OCH3 is 1. The first-order valence-electron chi connectivity index (χ1n) is 8.26. The van der Waals surface area contributed by atoms with Gasteiger partial charge in [-0.15, -0.1) is 10.2 Å². The highest BCUT2D eigenvalue weighted by Gasteiger charge is 2.14. The number of para-hydroxylation sites is 1. The number of oxazole rings is 1. The molecule has 0 aliphatic rings. The van der Waals surface area contributed by atoms with Gasteiger partial charge in [0, 0.05) is 11.3 Å². The summed E-state index contributed by atoms with van der Waals surface area (Å²) < 4.78 is 14.1. The number of thioether (sulfide) groups is 1. The lowest BCUT2D eigenvalue weighted by molar-refractivity contribution is 0.415. The van der Waals surface area contributed by atoms with Gasteiger partial charge in [0.05, 0.1) is 23.0 Å². The normalized spacial score (nSPS) is 11.4. The van der Waals surface area contributed by atoms with Crippen LogP contribution < -0.4 is 4.74 Å². The maximum Gasteiger partial charge on any atom is 0.226 e. The smallest absolute Gasteiger partial charge is 0.226 e. The number of hydrogen-bond donors (Lipinski definition) is 0. The molecule has 5 aromatic rings. The molecule has 0 N–H and O–H groups in total. The van der Waals surface area contributed by atoms with Gasteiger partial charge in [0.15, 0.2) is 5.16 Å². The van der Waals surface area contributed by atoms with Crippen molar-refractivity contribution in [2.45, 2.75) is 10.9 Å². The first-order valence-corrected chi connectivity index (χ1v) is 10.1. The van der Waals surface area contributed by atoms with Crippen molar-refractivity contribution in [3.05, 3.63) is 60.5 Å². The molecule has 2 aromatic carbocycles. The quantitative estimate of drug-likeness (QED) is 0.395. The summed E-state index contributed by atoms with van der Waals surface area (Å²) in [7, 11) is 1.65. The number of rotatable bonds is 5. The number of ether oxygens (including phenoxy) is 1. The van der Waals surface area contributed by atoms with E-state index in [1.54, 1.807) is 36.5 Å². The summed E-state index contributed by atoms with van der Waals surface area (Å²) in [6.45, 7) is 0. The Morgan fingerprint density at radius 2 is 1.96 bits per heavy atom. The Labute approximate surface area is 162 Å². The van der Waals surface area contributed by atoms with E-state index >= 15 is 0 Å². The van der Waals surface area contributed by atoms with E-state index in [4.69, 9.17) is 9.15 Å². The topological polar surface area (TPSA) is 65.5 Å². The molecule has 0 amide bonds. The fourth-order valence-corrected chi connectivity index (χ4v) is 4.67. The Kier molecular flexibility index (Phi) is 4.06. The van der Waals surface area contributed by atoms with E-state index < -0.39 is 0 Å². The molecule has 3 heterocycles. The van der Waals surface area contributed by atoms with Crippen LogP contribution in [0, 0.1) is 0 Å². The summed E-state index contributed by atoms with van der Waals surface area (Å²) in [6, 6.07) is 15.9. The second kappa shape index (κ2) is 6.71. The minimum Gasteiger partial charge on any atom is -0.497 e. The van der Waals surface area contributed by atoms with Crippen molar-refractivity contribution < 1.29 is 9.15 Å². The van der Waals surface area contributed by atoms with E-state index in [0.29, 0.717) is 11.6 Å². The van der Waals surface area contributed by atoms with Crippen LogP contribution in [0.1, 0.15) is 5.69 Å². The molecule has 0 radical (unpaired) electrons. The second-order valence-electron chi connectivity index (χ2n) is 5.83. The van der Waals surface area contributed by atoms with Crippen LogP contribution in [0.4, 0.5) is 0 Å². The number of benzene rings is 2. The summed E-state index contributed by atoms with van der Waals surface area (Å²) in [4.78, 5) is 5.48. The monoisotopic (exact) mass is 394 g/mol. The summed E-state index contributed by atoms with van der Waals surface area (Å²) in [5, 5.41) is 9.47. The van der Waals surface area contributed by atoms with Crippen molar-refractivity contribution in [3.63, 3.8) is 0 Å². The fourth-order valence-electron chi connectivity index (χ4n) is 2.83. The Morgan fingerprint density at radius 1 is 1.11 bits per heavy atom. The molecule has 0 aliphatic carbocycles. The molecule has 8 heteroatoms.